The van der Waals surface area contributed by atoms with E-state index >= 15 is 0 Å². The summed E-state index contributed by atoms with van der Waals surface area (Å²) in [6, 6.07) is 5.29. The van der Waals surface area contributed by atoms with Crippen LogP contribution in [0.25, 0.3) is 10.2 Å². The van der Waals surface area contributed by atoms with Crippen molar-refractivity contribution in [3.05, 3.63) is 43.0 Å². The molecule has 3 aromatic heterocycles. The molecule has 25 heavy (non-hydrogen) atoms. The highest BCUT2D eigenvalue weighted by atomic mass is 79.9. The predicted molar refractivity (Wildman–Crippen MR) is 116 cm³/mol. The Bertz CT molecular complexity index is 869. The van der Waals surface area contributed by atoms with Gasteiger partial charge in [-0.15, -0.1) is 47.5 Å². The average molecular weight is 504 g/mol. The van der Waals surface area contributed by atoms with Crippen LogP contribution < -0.4 is 11.1 Å². The number of anilines is 1. The molecule has 0 spiro atoms. The lowest BCUT2D eigenvalue weighted by atomic mass is 10.2. The van der Waals surface area contributed by atoms with Crippen molar-refractivity contribution in [2.75, 3.05) is 5.32 Å². The van der Waals surface area contributed by atoms with Crippen LogP contribution in [-0.4, -0.2) is 16.8 Å². The van der Waals surface area contributed by atoms with Gasteiger partial charge in [0.2, 0.25) is 0 Å². The number of Topliss-reactive ketones (excluding diaryl/α,β-unsaturated/α-hetero) is 1. The summed E-state index contributed by atoms with van der Waals surface area (Å²) in [6.45, 7) is 2.37. The molecule has 0 unspecified atom stereocenters. The first kappa shape index (κ1) is 22.6. The zero-order chi connectivity index (χ0) is 16.6. The number of pyridine rings is 1. The summed E-state index contributed by atoms with van der Waals surface area (Å²) in [6.07, 6.45) is 0. The van der Waals surface area contributed by atoms with E-state index in [-0.39, 0.29) is 30.6 Å². The molecule has 1 atom stereocenters. The molecule has 0 aliphatic rings. The Morgan fingerprint density at radius 2 is 2.20 bits per heavy atom. The first-order valence-corrected chi connectivity index (χ1v) is 9.68. The quantitative estimate of drug-likeness (QED) is 0.343. The highest BCUT2D eigenvalue weighted by Crippen LogP contribution is 2.40. The monoisotopic (exact) mass is 501 g/mol. The van der Waals surface area contributed by atoms with Crippen molar-refractivity contribution in [1.82, 2.24) is 4.98 Å². The highest BCUT2D eigenvalue weighted by molar-refractivity contribution is 9.10. The molecule has 10 heteroatoms. The van der Waals surface area contributed by atoms with E-state index in [2.05, 4.69) is 32.3 Å². The molecule has 0 aromatic carbocycles. The number of nitrogens with two attached hydrogens (primary N) is 1. The zero-order valence-electron chi connectivity index (χ0n) is 12.9. The van der Waals surface area contributed by atoms with Crippen LogP contribution in [0.15, 0.2) is 28.1 Å². The molecular weight excluding hydrogens is 489 g/mol. The number of fused-ring (bicyclic) bond motifs is 1. The Morgan fingerprint density at radius 1 is 1.48 bits per heavy atom. The Balaban J connectivity index is 0.00000156. The van der Waals surface area contributed by atoms with Gasteiger partial charge in [-0.2, -0.15) is 0 Å². The molecule has 3 heterocycles. The SMILES string of the molecule is C[C@H](N)C(=O)c1sc2c(NCc3cccs3)cc(Cl)nc2c1Br.Cl.Cl. The number of aromatic nitrogens is 1. The number of carbonyl (C=O) groups is 1. The third kappa shape index (κ3) is 4.86. The maximum Gasteiger partial charge on any atom is 0.190 e. The Hall–Kier alpha value is -0.410. The van der Waals surface area contributed by atoms with Gasteiger partial charge in [-0.3, -0.25) is 4.79 Å². The lowest BCUT2D eigenvalue weighted by Gasteiger charge is -2.06. The molecule has 0 bridgehead atoms. The number of rotatable bonds is 5. The van der Waals surface area contributed by atoms with Gasteiger partial charge in [-0.05, 0) is 34.3 Å². The number of hydrogen-bond acceptors (Lipinski definition) is 6. The standard InChI is InChI=1S/C15H13BrClN3OS2.2ClH/c1-7(18)13(21)15-11(16)12-14(23-15)9(5-10(17)20-12)19-6-8-3-2-4-22-8;;/h2-5,7H,6,18H2,1H3,(H,19,20);2*1H/t7-;;/m0../s1. The predicted octanol–water partition coefficient (Wildman–Crippen LogP) is 5.76. The normalized spacial score (nSPS) is 11.5. The van der Waals surface area contributed by atoms with Gasteiger partial charge in [0.25, 0.3) is 0 Å². The van der Waals surface area contributed by atoms with Gasteiger partial charge in [0.1, 0.15) is 5.15 Å². The second-order valence-electron chi connectivity index (χ2n) is 5.00. The summed E-state index contributed by atoms with van der Waals surface area (Å²) in [4.78, 5) is 18.4. The number of carbonyl (C=O) groups excluding carboxylic acids is 1. The topological polar surface area (TPSA) is 68.0 Å². The molecular formula is C15H15BrCl3N3OS2. The number of halogens is 4. The Morgan fingerprint density at radius 3 is 2.80 bits per heavy atom. The molecule has 0 radical (unpaired) electrons. The van der Waals surface area contributed by atoms with Crippen molar-refractivity contribution in [2.45, 2.75) is 19.5 Å². The van der Waals surface area contributed by atoms with Crippen molar-refractivity contribution in [1.29, 1.82) is 0 Å². The molecule has 0 saturated carbocycles. The van der Waals surface area contributed by atoms with Crippen molar-refractivity contribution >= 4 is 96.7 Å². The van der Waals surface area contributed by atoms with E-state index in [9.17, 15) is 4.79 Å². The van der Waals surface area contributed by atoms with Gasteiger partial charge < -0.3 is 11.1 Å². The number of hydrogen-bond donors (Lipinski definition) is 2. The van der Waals surface area contributed by atoms with Gasteiger partial charge in [0.05, 0.1) is 31.3 Å². The first-order valence-electron chi connectivity index (χ1n) is 6.82. The van der Waals surface area contributed by atoms with Gasteiger partial charge in [0.15, 0.2) is 5.78 Å². The van der Waals surface area contributed by atoms with Crippen molar-refractivity contribution in [2.24, 2.45) is 5.73 Å². The number of ketones is 1. The molecule has 0 fully saturated rings. The lowest BCUT2D eigenvalue weighted by molar-refractivity contribution is 0.0971. The first-order chi connectivity index (χ1) is 11.0. The van der Waals surface area contributed by atoms with Gasteiger partial charge >= 0.3 is 0 Å². The van der Waals surface area contributed by atoms with E-state index in [1.54, 1.807) is 24.3 Å². The summed E-state index contributed by atoms with van der Waals surface area (Å²) in [5.74, 6) is -0.111. The fraction of sp³-hybridized carbons (Fsp3) is 0.200. The van der Waals surface area contributed by atoms with E-state index in [1.807, 2.05) is 11.4 Å². The van der Waals surface area contributed by atoms with Gasteiger partial charge in [-0.25, -0.2) is 4.98 Å². The smallest absolute Gasteiger partial charge is 0.190 e. The Kier molecular flexibility index (Phi) is 8.60. The maximum atomic E-state index is 12.3. The molecule has 3 N–H and O–H groups in total. The van der Waals surface area contributed by atoms with Gasteiger partial charge in [-0.1, -0.05) is 17.7 Å². The van der Waals surface area contributed by atoms with Crippen LogP contribution in [0.3, 0.4) is 0 Å². The van der Waals surface area contributed by atoms with E-state index < -0.39 is 6.04 Å². The molecule has 136 valence electrons. The third-order valence-electron chi connectivity index (χ3n) is 3.22. The molecule has 4 nitrogen and oxygen atoms in total. The van der Waals surface area contributed by atoms with Crippen LogP contribution in [0, 0.1) is 0 Å². The van der Waals surface area contributed by atoms with Crippen LogP contribution in [-0.2, 0) is 6.54 Å². The van der Waals surface area contributed by atoms with Crippen molar-refractivity contribution < 1.29 is 4.79 Å². The van der Waals surface area contributed by atoms with E-state index in [0.29, 0.717) is 26.6 Å². The number of nitrogens with zero attached hydrogens (tertiary/aromatic N) is 1. The molecule has 0 saturated heterocycles. The lowest BCUT2D eigenvalue weighted by Crippen LogP contribution is -2.26. The summed E-state index contributed by atoms with van der Waals surface area (Å²) < 4.78 is 1.54. The largest absolute Gasteiger partial charge is 0.379 e. The zero-order valence-corrected chi connectivity index (χ0v) is 18.5. The summed E-state index contributed by atoms with van der Waals surface area (Å²) in [7, 11) is 0. The molecule has 0 amide bonds. The third-order valence-corrected chi connectivity index (χ3v) is 6.56. The Labute approximate surface area is 179 Å². The van der Waals surface area contributed by atoms with Crippen LogP contribution in [0.2, 0.25) is 5.15 Å². The fourth-order valence-corrected chi connectivity index (χ4v) is 4.96. The summed E-state index contributed by atoms with van der Waals surface area (Å²) in [5.41, 5.74) is 7.27. The number of thiophene rings is 2. The van der Waals surface area contributed by atoms with Crippen LogP contribution >= 0.6 is 75.0 Å². The van der Waals surface area contributed by atoms with Gasteiger partial charge in [0, 0.05) is 17.5 Å². The fourth-order valence-electron chi connectivity index (χ4n) is 2.10. The highest BCUT2D eigenvalue weighted by Gasteiger charge is 2.22. The minimum absolute atomic E-state index is 0. The van der Waals surface area contributed by atoms with Crippen LogP contribution in [0.5, 0.6) is 0 Å². The van der Waals surface area contributed by atoms with E-state index in [4.69, 9.17) is 17.3 Å². The molecule has 0 aliphatic carbocycles. The van der Waals surface area contributed by atoms with E-state index in [0.717, 1.165) is 10.4 Å². The average Bonchev–Trinajstić information content (AvgIpc) is 3.13. The second-order valence-corrected chi connectivity index (χ2v) is 8.23. The molecule has 0 aliphatic heterocycles. The molecule has 3 aromatic rings. The minimum atomic E-state index is -0.558. The maximum absolute atomic E-state index is 12.3. The van der Waals surface area contributed by atoms with Crippen LogP contribution in [0.1, 0.15) is 21.5 Å². The van der Waals surface area contributed by atoms with Crippen LogP contribution in [0.4, 0.5) is 5.69 Å². The summed E-state index contributed by atoms with van der Waals surface area (Å²) >= 11 is 12.7. The summed E-state index contributed by atoms with van der Waals surface area (Å²) in [5, 5.41) is 5.79. The number of nitrogens with one attached hydrogen (secondary N) is 1. The minimum Gasteiger partial charge on any atom is -0.379 e. The van der Waals surface area contributed by atoms with Crippen molar-refractivity contribution in [3.8, 4) is 0 Å². The van der Waals surface area contributed by atoms with Crippen molar-refractivity contribution in [3.63, 3.8) is 0 Å². The van der Waals surface area contributed by atoms with E-state index in [1.165, 1.54) is 16.2 Å². The second kappa shape index (κ2) is 9.50. The molecule has 3 rings (SSSR count).